The Balaban J connectivity index is 2.22. The lowest BCUT2D eigenvalue weighted by atomic mass is 10.1. The number of benzene rings is 1. The third-order valence-corrected chi connectivity index (χ3v) is 2.03. The fraction of sp³-hybridized carbons (Fsp3) is 0.300. The van der Waals surface area contributed by atoms with Crippen LogP contribution in [-0.4, -0.2) is 11.8 Å². The highest BCUT2D eigenvalue weighted by molar-refractivity contribution is 6.01. The average Bonchev–Trinajstić information content (AvgIpc) is 2.54. The van der Waals surface area contributed by atoms with Crippen LogP contribution < -0.4 is 5.43 Å². The van der Waals surface area contributed by atoms with Crippen LogP contribution in [0.1, 0.15) is 18.9 Å². The summed E-state index contributed by atoms with van der Waals surface area (Å²) < 4.78 is 0. The van der Waals surface area contributed by atoms with Gasteiger partial charge in [-0.05, 0) is 12.5 Å². The smallest absolute Gasteiger partial charge is 0.0696 e. The third-order valence-electron chi connectivity index (χ3n) is 2.03. The molecule has 0 spiro atoms. The van der Waals surface area contributed by atoms with Crippen molar-refractivity contribution < 1.29 is 0 Å². The van der Waals surface area contributed by atoms with Gasteiger partial charge in [-0.3, -0.25) is 0 Å². The Kier molecular flexibility index (Phi) is 1.82. The maximum absolute atomic E-state index is 4.25. The molecule has 2 nitrogen and oxygen atoms in total. The van der Waals surface area contributed by atoms with Crippen LogP contribution in [-0.2, 0) is 0 Å². The van der Waals surface area contributed by atoms with Crippen molar-refractivity contribution in [3.05, 3.63) is 35.9 Å². The second kappa shape index (κ2) is 2.97. The SMILES string of the molecule is CC1CC(c2ccccc2)=NN1. The molecule has 1 aromatic rings. The van der Waals surface area contributed by atoms with E-state index in [1.54, 1.807) is 0 Å². The first-order valence-corrected chi connectivity index (χ1v) is 4.24. The summed E-state index contributed by atoms with van der Waals surface area (Å²) in [6.07, 6.45) is 1.03. The molecule has 0 bridgehead atoms. The van der Waals surface area contributed by atoms with E-state index in [9.17, 15) is 0 Å². The summed E-state index contributed by atoms with van der Waals surface area (Å²) in [5, 5.41) is 4.25. The first-order chi connectivity index (χ1) is 5.86. The predicted molar refractivity (Wildman–Crippen MR) is 50.2 cm³/mol. The molecule has 62 valence electrons. The van der Waals surface area contributed by atoms with Gasteiger partial charge in [-0.1, -0.05) is 30.3 Å². The zero-order chi connectivity index (χ0) is 8.39. The fourth-order valence-electron chi connectivity index (χ4n) is 1.38. The molecule has 1 aromatic carbocycles. The Bertz CT molecular complexity index is 290. The summed E-state index contributed by atoms with van der Waals surface area (Å²) in [7, 11) is 0. The molecule has 1 atom stereocenters. The Hall–Kier alpha value is -1.31. The van der Waals surface area contributed by atoms with Crippen molar-refractivity contribution in [1.82, 2.24) is 5.43 Å². The van der Waals surface area contributed by atoms with Crippen LogP contribution in [0.5, 0.6) is 0 Å². The Morgan fingerprint density at radius 3 is 2.67 bits per heavy atom. The van der Waals surface area contributed by atoms with Crippen molar-refractivity contribution in [2.75, 3.05) is 0 Å². The van der Waals surface area contributed by atoms with E-state index in [2.05, 4.69) is 29.6 Å². The molecule has 0 saturated carbocycles. The normalized spacial score (nSPS) is 21.8. The van der Waals surface area contributed by atoms with E-state index >= 15 is 0 Å². The quantitative estimate of drug-likeness (QED) is 0.665. The van der Waals surface area contributed by atoms with Crippen LogP contribution in [0.2, 0.25) is 0 Å². The van der Waals surface area contributed by atoms with Gasteiger partial charge in [-0.25, -0.2) is 0 Å². The summed E-state index contributed by atoms with van der Waals surface area (Å²) in [6, 6.07) is 10.8. The molecule has 2 heteroatoms. The van der Waals surface area contributed by atoms with E-state index in [0.717, 1.165) is 6.42 Å². The van der Waals surface area contributed by atoms with E-state index in [4.69, 9.17) is 0 Å². The second-order valence-electron chi connectivity index (χ2n) is 3.16. The number of hydrazone groups is 1. The molecular weight excluding hydrogens is 148 g/mol. The van der Waals surface area contributed by atoms with Gasteiger partial charge >= 0.3 is 0 Å². The van der Waals surface area contributed by atoms with Crippen molar-refractivity contribution in [3.8, 4) is 0 Å². The number of rotatable bonds is 1. The predicted octanol–water partition coefficient (Wildman–Crippen LogP) is 1.77. The first kappa shape index (κ1) is 7.35. The van der Waals surface area contributed by atoms with E-state index in [-0.39, 0.29) is 0 Å². The van der Waals surface area contributed by atoms with Crippen molar-refractivity contribution in [2.45, 2.75) is 19.4 Å². The van der Waals surface area contributed by atoms with Gasteiger partial charge in [-0.2, -0.15) is 5.10 Å². The van der Waals surface area contributed by atoms with Crippen LogP contribution in [0.25, 0.3) is 0 Å². The number of nitrogens with one attached hydrogen (secondary N) is 1. The van der Waals surface area contributed by atoms with Gasteiger partial charge in [0, 0.05) is 12.5 Å². The molecule has 0 amide bonds. The molecule has 1 heterocycles. The molecule has 0 saturated heterocycles. The zero-order valence-corrected chi connectivity index (χ0v) is 7.12. The summed E-state index contributed by atoms with van der Waals surface area (Å²) in [4.78, 5) is 0. The Morgan fingerprint density at radius 1 is 1.33 bits per heavy atom. The molecule has 0 fully saturated rings. The molecule has 0 aliphatic carbocycles. The summed E-state index contributed by atoms with van der Waals surface area (Å²) >= 11 is 0. The average molecular weight is 160 g/mol. The minimum Gasteiger partial charge on any atom is -0.307 e. The fourth-order valence-corrected chi connectivity index (χ4v) is 1.38. The van der Waals surface area contributed by atoms with E-state index in [0.29, 0.717) is 6.04 Å². The monoisotopic (exact) mass is 160 g/mol. The standard InChI is InChI=1S/C10H12N2/c1-8-7-10(12-11-8)9-5-3-2-4-6-9/h2-6,8,11H,7H2,1H3. The molecule has 1 aliphatic rings. The number of nitrogens with zero attached hydrogens (tertiary/aromatic N) is 1. The lowest BCUT2D eigenvalue weighted by Crippen LogP contribution is -2.13. The molecule has 1 unspecified atom stereocenters. The highest BCUT2D eigenvalue weighted by Crippen LogP contribution is 2.10. The highest BCUT2D eigenvalue weighted by atomic mass is 15.3. The van der Waals surface area contributed by atoms with Crippen LogP contribution in [0.15, 0.2) is 35.4 Å². The lowest BCUT2D eigenvalue weighted by molar-refractivity contribution is 0.636. The minimum atomic E-state index is 0.486. The van der Waals surface area contributed by atoms with Crippen molar-refractivity contribution in [1.29, 1.82) is 0 Å². The minimum absolute atomic E-state index is 0.486. The van der Waals surface area contributed by atoms with Crippen LogP contribution >= 0.6 is 0 Å². The second-order valence-corrected chi connectivity index (χ2v) is 3.16. The van der Waals surface area contributed by atoms with Gasteiger partial charge in [0.15, 0.2) is 0 Å². The largest absolute Gasteiger partial charge is 0.307 e. The molecule has 1 N–H and O–H groups in total. The maximum Gasteiger partial charge on any atom is 0.0696 e. The molecule has 0 aromatic heterocycles. The Labute approximate surface area is 72.3 Å². The maximum atomic E-state index is 4.25. The van der Waals surface area contributed by atoms with E-state index in [1.165, 1.54) is 11.3 Å². The van der Waals surface area contributed by atoms with Gasteiger partial charge < -0.3 is 5.43 Å². The van der Waals surface area contributed by atoms with Crippen molar-refractivity contribution >= 4 is 5.71 Å². The number of hydrogen-bond donors (Lipinski definition) is 1. The van der Waals surface area contributed by atoms with E-state index in [1.807, 2.05) is 18.2 Å². The summed E-state index contributed by atoms with van der Waals surface area (Å²) in [5.74, 6) is 0. The molecule has 2 rings (SSSR count). The summed E-state index contributed by atoms with van der Waals surface area (Å²) in [6.45, 7) is 2.14. The van der Waals surface area contributed by atoms with Crippen LogP contribution in [0.3, 0.4) is 0 Å². The van der Waals surface area contributed by atoms with Gasteiger partial charge in [0.05, 0.1) is 5.71 Å². The zero-order valence-electron chi connectivity index (χ0n) is 7.12. The summed E-state index contributed by atoms with van der Waals surface area (Å²) in [5.41, 5.74) is 5.46. The van der Waals surface area contributed by atoms with Gasteiger partial charge in [-0.15, -0.1) is 0 Å². The van der Waals surface area contributed by atoms with Crippen LogP contribution in [0.4, 0.5) is 0 Å². The van der Waals surface area contributed by atoms with Crippen LogP contribution in [0, 0.1) is 0 Å². The van der Waals surface area contributed by atoms with Gasteiger partial charge in [0.2, 0.25) is 0 Å². The van der Waals surface area contributed by atoms with E-state index < -0.39 is 0 Å². The molecule has 0 radical (unpaired) electrons. The number of hydrogen-bond acceptors (Lipinski definition) is 2. The lowest BCUT2D eigenvalue weighted by Gasteiger charge is -1.99. The van der Waals surface area contributed by atoms with Crippen molar-refractivity contribution in [2.24, 2.45) is 5.10 Å². The third kappa shape index (κ3) is 1.33. The highest BCUT2D eigenvalue weighted by Gasteiger charge is 2.14. The Morgan fingerprint density at radius 2 is 2.08 bits per heavy atom. The molecule has 12 heavy (non-hydrogen) atoms. The van der Waals surface area contributed by atoms with Crippen molar-refractivity contribution in [3.63, 3.8) is 0 Å². The topological polar surface area (TPSA) is 24.4 Å². The van der Waals surface area contributed by atoms with Gasteiger partial charge in [0.1, 0.15) is 0 Å². The molecular formula is C10H12N2. The molecule has 1 aliphatic heterocycles. The van der Waals surface area contributed by atoms with Gasteiger partial charge in [0.25, 0.3) is 0 Å². The first-order valence-electron chi connectivity index (χ1n) is 4.24.